The molecule has 0 saturated heterocycles. The van der Waals surface area contributed by atoms with Crippen molar-refractivity contribution < 1.29 is 28.6 Å². The lowest BCUT2D eigenvalue weighted by Crippen LogP contribution is -2.27. The summed E-state index contributed by atoms with van der Waals surface area (Å²) in [7, 11) is 0. The van der Waals surface area contributed by atoms with E-state index in [0.717, 1.165) is 12.1 Å². The van der Waals surface area contributed by atoms with Gasteiger partial charge in [0.1, 0.15) is 11.5 Å². The standard InChI is InChI=1S/C17H12FNO5/c18-12-4-2-11(3-5-12)16(20)19-13(17(21)22)7-10-1-6-14-15(8-10)24-9-23-14/h1-8H,9H2,(H,19,20)(H,21,22)/b13-7+. The summed E-state index contributed by atoms with van der Waals surface area (Å²) in [6.45, 7) is 0.107. The highest BCUT2D eigenvalue weighted by Gasteiger charge is 2.16. The Morgan fingerprint density at radius 3 is 2.50 bits per heavy atom. The second-order valence-electron chi connectivity index (χ2n) is 4.94. The molecule has 24 heavy (non-hydrogen) atoms. The molecule has 0 aliphatic carbocycles. The Kier molecular flexibility index (Phi) is 4.15. The third-order valence-electron chi connectivity index (χ3n) is 3.29. The van der Waals surface area contributed by atoms with E-state index in [-0.39, 0.29) is 18.1 Å². The maximum absolute atomic E-state index is 12.9. The molecular formula is C17H12FNO5. The molecule has 0 atom stereocenters. The number of carboxylic acid groups (broad SMARTS) is 1. The van der Waals surface area contributed by atoms with Gasteiger partial charge in [-0.25, -0.2) is 9.18 Å². The van der Waals surface area contributed by atoms with E-state index in [1.165, 1.54) is 18.2 Å². The van der Waals surface area contributed by atoms with E-state index in [9.17, 15) is 19.1 Å². The molecular weight excluding hydrogens is 317 g/mol. The summed E-state index contributed by atoms with van der Waals surface area (Å²) in [6.07, 6.45) is 1.30. The molecule has 2 N–H and O–H groups in total. The summed E-state index contributed by atoms with van der Waals surface area (Å²) in [5.74, 6) is -1.37. The van der Waals surface area contributed by atoms with Gasteiger partial charge in [-0.15, -0.1) is 0 Å². The maximum Gasteiger partial charge on any atom is 0.352 e. The second kappa shape index (κ2) is 6.41. The van der Waals surface area contributed by atoms with Gasteiger partial charge in [0.2, 0.25) is 6.79 Å². The number of hydrogen-bond acceptors (Lipinski definition) is 4. The number of carbonyl (C=O) groups is 2. The van der Waals surface area contributed by atoms with E-state index < -0.39 is 17.7 Å². The van der Waals surface area contributed by atoms with E-state index >= 15 is 0 Å². The van der Waals surface area contributed by atoms with E-state index in [0.29, 0.717) is 17.1 Å². The smallest absolute Gasteiger partial charge is 0.352 e. The molecule has 2 aromatic rings. The van der Waals surface area contributed by atoms with Gasteiger partial charge in [-0.3, -0.25) is 4.79 Å². The number of halogens is 1. The number of amides is 1. The third-order valence-corrected chi connectivity index (χ3v) is 3.29. The van der Waals surface area contributed by atoms with Crippen molar-refractivity contribution in [2.45, 2.75) is 0 Å². The molecule has 6 nitrogen and oxygen atoms in total. The predicted octanol–water partition coefficient (Wildman–Crippen LogP) is 2.41. The molecule has 0 aromatic heterocycles. The van der Waals surface area contributed by atoms with Crippen molar-refractivity contribution in [3.63, 3.8) is 0 Å². The highest BCUT2D eigenvalue weighted by atomic mass is 19.1. The van der Waals surface area contributed by atoms with Gasteiger partial charge in [-0.2, -0.15) is 0 Å². The van der Waals surface area contributed by atoms with Crippen LogP contribution in [0.2, 0.25) is 0 Å². The first kappa shape index (κ1) is 15.5. The zero-order valence-corrected chi connectivity index (χ0v) is 12.3. The minimum atomic E-state index is -1.30. The Morgan fingerprint density at radius 2 is 1.79 bits per heavy atom. The van der Waals surface area contributed by atoms with Crippen molar-refractivity contribution >= 4 is 18.0 Å². The topological polar surface area (TPSA) is 84.9 Å². The molecule has 2 aromatic carbocycles. The number of rotatable bonds is 4. The summed E-state index contributed by atoms with van der Waals surface area (Å²) in [5, 5.41) is 11.6. The largest absolute Gasteiger partial charge is 0.477 e. The van der Waals surface area contributed by atoms with E-state index in [1.54, 1.807) is 18.2 Å². The van der Waals surface area contributed by atoms with Crippen LogP contribution in [0, 0.1) is 5.82 Å². The monoisotopic (exact) mass is 329 g/mol. The Balaban J connectivity index is 1.83. The van der Waals surface area contributed by atoms with E-state index in [2.05, 4.69) is 5.32 Å². The number of nitrogens with one attached hydrogen (secondary N) is 1. The van der Waals surface area contributed by atoms with Crippen LogP contribution in [0.15, 0.2) is 48.2 Å². The molecule has 0 radical (unpaired) electrons. The van der Waals surface area contributed by atoms with Crippen LogP contribution in [-0.2, 0) is 4.79 Å². The molecule has 1 aliphatic rings. The summed E-state index contributed by atoms with van der Waals surface area (Å²) in [6, 6.07) is 9.68. The lowest BCUT2D eigenvalue weighted by molar-refractivity contribution is -0.132. The summed E-state index contributed by atoms with van der Waals surface area (Å²) < 4.78 is 23.3. The van der Waals surface area contributed by atoms with Crippen LogP contribution in [-0.4, -0.2) is 23.8 Å². The fourth-order valence-electron chi connectivity index (χ4n) is 2.12. The molecule has 1 aliphatic heterocycles. The number of carbonyl (C=O) groups excluding carboxylic acids is 1. The van der Waals surface area contributed by atoms with Crippen LogP contribution in [0.3, 0.4) is 0 Å². The highest BCUT2D eigenvalue weighted by Crippen LogP contribution is 2.33. The lowest BCUT2D eigenvalue weighted by Gasteiger charge is -2.07. The maximum atomic E-state index is 12.9. The third kappa shape index (κ3) is 3.35. The van der Waals surface area contributed by atoms with Crippen LogP contribution in [0.5, 0.6) is 11.5 Å². The van der Waals surface area contributed by atoms with Crippen molar-refractivity contribution in [1.29, 1.82) is 0 Å². The second-order valence-corrected chi connectivity index (χ2v) is 4.94. The van der Waals surface area contributed by atoms with Crippen LogP contribution in [0.1, 0.15) is 15.9 Å². The first-order chi connectivity index (χ1) is 11.5. The minimum Gasteiger partial charge on any atom is -0.477 e. The van der Waals surface area contributed by atoms with Gasteiger partial charge in [0.05, 0.1) is 0 Å². The molecule has 1 heterocycles. The van der Waals surface area contributed by atoms with Crippen molar-refractivity contribution in [3.8, 4) is 11.5 Å². The predicted molar refractivity (Wildman–Crippen MR) is 82.0 cm³/mol. The van der Waals surface area contributed by atoms with Crippen LogP contribution < -0.4 is 14.8 Å². The fraction of sp³-hybridized carbons (Fsp3) is 0.0588. The zero-order valence-electron chi connectivity index (χ0n) is 12.3. The molecule has 0 unspecified atom stereocenters. The first-order valence-corrected chi connectivity index (χ1v) is 6.94. The number of fused-ring (bicyclic) bond motifs is 1. The average molecular weight is 329 g/mol. The number of carboxylic acids is 1. The van der Waals surface area contributed by atoms with Crippen LogP contribution in [0.4, 0.5) is 4.39 Å². The van der Waals surface area contributed by atoms with Crippen molar-refractivity contribution in [1.82, 2.24) is 5.32 Å². The van der Waals surface area contributed by atoms with E-state index in [1.807, 2.05) is 0 Å². The highest BCUT2D eigenvalue weighted by molar-refractivity contribution is 6.02. The van der Waals surface area contributed by atoms with Gasteiger partial charge in [0.25, 0.3) is 5.91 Å². The first-order valence-electron chi connectivity index (χ1n) is 6.94. The van der Waals surface area contributed by atoms with Gasteiger partial charge in [-0.05, 0) is 48.0 Å². The minimum absolute atomic E-state index is 0.107. The normalized spacial score (nSPS) is 12.8. The number of ether oxygens (including phenoxy) is 2. The molecule has 0 fully saturated rings. The molecule has 122 valence electrons. The summed E-state index contributed by atoms with van der Waals surface area (Å²) >= 11 is 0. The molecule has 0 saturated carbocycles. The van der Waals surface area contributed by atoms with Crippen molar-refractivity contribution in [2.24, 2.45) is 0 Å². The van der Waals surface area contributed by atoms with Gasteiger partial charge in [-0.1, -0.05) is 6.07 Å². The van der Waals surface area contributed by atoms with Gasteiger partial charge in [0.15, 0.2) is 11.5 Å². The fourth-order valence-corrected chi connectivity index (χ4v) is 2.12. The van der Waals surface area contributed by atoms with Crippen molar-refractivity contribution in [3.05, 3.63) is 65.1 Å². The average Bonchev–Trinajstić information content (AvgIpc) is 3.02. The Labute approximate surface area is 136 Å². The quantitative estimate of drug-likeness (QED) is 0.842. The molecule has 3 rings (SSSR count). The number of hydrogen-bond donors (Lipinski definition) is 2. The Hall–Kier alpha value is -3.35. The number of aliphatic carboxylic acids is 1. The summed E-state index contributed by atoms with van der Waals surface area (Å²) in [4.78, 5) is 23.4. The molecule has 1 amide bonds. The SMILES string of the molecule is O=C(O)/C(=C\c1ccc2c(c1)OCO2)NC(=O)c1ccc(F)cc1. The van der Waals surface area contributed by atoms with Crippen molar-refractivity contribution in [2.75, 3.05) is 6.79 Å². The molecule has 0 spiro atoms. The van der Waals surface area contributed by atoms with Gasteiger partial charge in [0, 0.05) is 5.56 Å². The Bertz CT molecular complexity index is 829. The lowest BCUT2D eigenvalue weighted by atomic mass is 10.1. The Morgan fingerprint density at radius 1 is 1.08 bits per heavy atom. The number of benzene rings is 2. The summed E-state index contributed by atoms with van der Waals surface area (Å²) in [5.41, 5.74) is 0.355. The molecule has 7 heteroatoms. The zero-order chi connectivity index (χ0) is 17.1. The van der Waals surface area contributed by atoms with Crippen LogP contribution in [0.25, 0.3) is 6.08 Å². The van der Waals surface area contributed by atoms with E-state index in [4.69, 9.17) is 9.47 Å². The molecule has 0 bridgehead atoms. The van der Waals surface area contributed by atoms with Crippen LogP contribution >= 0.6 is 0 Å². The van der Waals surface area contributed by atoms with Gasteiger partial charge >= 0.3 is 5.97 Å². The van der Waals surface area contributed by atoms with Gasteiger partial charge < -0.3 is 19.9 Å².